The van der Waals surface area contributed by atoms with Gasteiger partial charge in [0.05, 0.1) is 0 Å². The molecule has 1 aromatic heterocycles. The van der Waals surface area contributed by atoms with Crippen LogP contribution < -0.4 is 5.43 Å². The van der Waals surface area contributed by atoms with E-state index in [1.807, 2.05) is 0 Å². The Labute approximate surface area is 103 Å². The van der Waals surface area contributed by atoms with Crippen molar-refractivity contribution in [3.05, 3.63) is 58.0 Å². The fourth-order valence-electron chi connectivity index (χ4n) is 1.68. The number of aryl methyl sites for hydroxylation is 1. The summed E-state index contributed by atoms with van der Waals surface area (Å²) in [6, 6.07) is 7.54. The third-order valence-corrected chi connectivity index (χ3v) is 2.60. The summed E-state index contributed by atoms with van der Waals surface area (Å²) in [6.07, 6.45) is 1.28. The Morgan fingerprint density at radius 1 is 1.22 bits per heavy atom. The van der Waals surface area contributed by atoms with E-state index in [4.69, 9.17) is 5.11 Å². The quantitative estimate of drug-likeness (QED) is 0.841. The van der Waals surface area contributed by atoms with Gasteiger partial charge in [-0.1, -0.05) is 0 Å². The minimum absolute atomic E-state index is 0.121. The first-order valence-corrected chi connectivity index (χ1v) is 5.25. The topological polar surface area (TPSA) is 79.5 Å². The van der Waals surface area contributed by atoms with Gasteiger partial charge in [0.25, 0.3) is 0 Å². The molecule has 0 saturated heterocycles. The van der Waals surface area contributed by atoms with Crippen LogP contribution in [0.5, 0.6) is 5.75 Å². The summed E-state index contributed by atoms with van der Waals surface area (Å²) >= 11 is 0. The van der Waals surface area contributed by atoms with E-state index in [1.165, 1.54) is 24.4 Å². The highest BCUT2D eigenvalue weighted by Crippen LogP contribution is 2.15. The number of carboxylic acid groups (broad SMARTS) is 1. The van der Waals surface area contributed by atoms with E-state index in [0.29, 0.717) is 11.4 Å². The lowest BCUT2D eigenvalue weighted by Crippen LogP contribution is -2.18. The zero-order valence-corrected chi connectivity index (χ0v) is 9.62. The molecule has 0 atom stereocenters. The van der Waals surface area contributed by atoms with E-state index >= 15 is 0 Å². The number of nitrogens with zero attached hydrogens (tertiary/aromatic N) is 1. The maximum absolute atomic E-state index is 11.5. The number of phenolic OH excluding ortho intramolecular Hbond substituents is 1. The summed E-state index contributed by atoms with van der Waals surface area (Å²) in [5.74, 6) is -1.14. The van der Waals surface area contributed by atoms with Gasteiger partial charge in [-0.15, -0.1) is 0 Å². The van der Waals surface area contributed by atoms with Crippen LogP contribution in [0.15, 0.2) is 41.3 Å². The third kappa shape index (κ3) is 2.10. The lowest BCUT2D eigenvalue weighted by molar-refractivity contribution is 0.0695. The van der Waals surface area contributed by atoms with E-state index in [-0.39, 0.29) is 11.3 Å². The zero-order chi connectivity index (χ0) is 13.3. The van der Waals surface area contributed by atoms with Crippen molar-refractivity contribution < 1.29 is 15.0 Å². The second-order valence-electron chi connectivity index (χ2n) is 3.88. The van der Waals surface area contributed by atoms with Crippen molar-refractivity contribution in [2.45, 2.75) is 6.92 Å². The number of hydrogen-bond donors (Lipinski definition) is 2. The number of aromatic carboxylic acids is 1. The molecule has 0 bridgehead atoms. The number of rotatable bonds is 2. The normalized spacial score (nSPS) is 10.3. The van der Waals surface area contributed by atoms with Gasteiger partial charge >= 0.3 is 5.97 Å². The molecule has 0 amide bonds. The summed E-state index contributed by atoms with van der Waals surface area (Å²) in [4.78, 5) is 22.4. The number of aromatic nitrogens is 1. The summed E-state index contributed by atoms with van der Waals surface area (Å²) in [5, 5.41) is 18.1. The molecule has 1 heterocycles. The maximum atomic E-state index is 11.5. The van der Waals surface area contributed by atoms with Crippen molar-refractivity contribution in [3.63, 3.8) is 0 Å². The van der Waals surface area contributed by atoms with Crippen LogP contribution in [0, 0.1) is 6.92 Å². The maximum Gasteiger partial charge on any atom is 0.341 e. The number of carboxylic acids is 1. The summed E-state index contributed by atoms with van der Waals surface area (Å²) in [5.41, 5.74) is 0.493. The van der Waals surface area contributed by atoms with Crippen LogP contribution in [0.3, 0.4) is 0 Å². The fraction of sp³-hybridized carbons (Fsp3) is 0.0769. The molecule has 2 N–H and O–H groups in total. The molecule has 18 heavy (non-hydrogen) atoms. The first-order valence-electron chi connectivity index (χ1n) is 5.25. The highest BCUT2D eigenvalue weighted by Gasteiger charge is 2.11. The van der Waals surface area contributed by atoms with Crippen molar-refractivity contribution in [2.24, 2.45) is 0 Å². The summed E-state index contributed by atoms with van der Waals surface area (Å²) in [7, 11) is 0. The first-order chi connectivity index (χ1) is 8.49. The van der Waals surface area contributed by atoms with E-state index in [2.05, 4.69) is 0 Å². The van der Waals surface area contributed by atoms with Crippen LogP contribution in [0.1, 0.15) is 16.1 Å². The van der Waals surface area contributed by atoms with E-state index in [9.17, 15) is 14.7 Å². The van der Waals surface area contributed by atoms with Gasteiger partial charge in [-0.3, -0.25) is 4.79 Å². The Balaban J connectivity index is 2.64. The van der Waals surface area contributed by atoms with Gasteiger partial charge in [-0.25, -0.2) is 4.79 Å². The Hall–Kier alpha value is -2.56. The van der Waals surface area contributed by atoms with Crippen LogP contribution in [-0.2, 0) is 0 Å². The van der Waals surface area contributed by atoms with Crippen LogP contribution in [0.25, 0.3) is 5.69 Å². The summed E-state index contributed by atoms with van der Waals surface area (Å²) < 4.78 is 1.59. The van der Waals surface area contributed by atoms with E-state index in [0.717, 1.165) is 0 Å². The second kappa shape index (κ2) is 4.37. The molecular weight excluding hydrogens is 234 g/mol. The SMILES string of the molecule is Cc1cc(=O)c(C(=O)O)cn1-c1ccc(O)cc1. The first kappa shape index (κ1) is 11.9. The van der Waals surface area contributed by atoms with Crippen LogP contribution >= 0.6 is 0 Å². The van der Waals surface area contributed by atoms with Gasteiger partial charge in [0.2, 0.25) is 0 Å². The zero-order valence-electron chi connectivity index (χ0n) is 9.62. The molecule has 5 nitrogen and oxygen atoms in total. The molecule has 0 aliphatic rings. The molecule has 0 radical (unpaired) electrons. The third-order valence-electron chi connectivity index (χ3n) is 2.60. The molecule has 1 aromatic carbocycles. The standard InChI is InChI=1S/C13H11NO4/c1-8-6-12(16)11(13(17)18)7-14(8)9-2-4-10(15)5-3-9/h2-7,15H,1H3,(H,17,18). The van der Waals surface area contributed by atoms with Gasteiger partial charge in [-0.2, -0.15) is 0 Å². The molecule has 0 fully saturated rings. The predicted octanol–water partition coefficient (Wildman–Crippen LogP) is 1.55. The average Bonchev–Trinajstić information content (AvgIpc) is 2.30. The smallest absolute Gasteiger partial charge is 0.341 e. The van der Waals surface area contributed by atoms with Crippen molar-refractivity contribution in [1.82, 2.24) is 4.57 Å². The molecule has 0 aliphatic carbocycles. The van der Waals surface area contributed by atoms with Gasteiger partial charge in [-0.05, 0) is 31.2 Å². The van der Waals surface area contributed by atoms with Crippen LogP contribution in [-0.4, -0.2) is 20.7 Å². The van der Waals surface area contributed by atoms with Crippen LogP contribution in [0.4, 0.5) is 0 Å². The Morgan fingerprint density at radius 3 is 2.39 bits per heavy atom. The van der Waals surface area contributed by atoms with Crippen molar-refractivity contribution in [3.8, 4) is 11.4 Å². The van der Waals surface area contributed by atoms with Crippen LogP contribution in [0.2, 0.25) is 0 Å². The molecule has 0 aliphatic heterocycles. The predicted molar refractivity (Wildman–Crippen MR) is 65.4 cm³/mol. The minimum atomic E-state index is -1.26. The number of aromatic hydroxyl groups is 1. The average molecular weight is 245 g/mol. The van der Waals surface area contributed by atoms with Gasteiger partial charge in [0.1, 0.15) is 11.3 Å². The highest BCUT2D eigenvalue weighted by atomic mass is 16.4. The van der Waals surface area contributed by atoms with Gasteiger partial charge < -0.3 is 14.8 Å². The molecule has 92 valence electrons. The number of phenols is 1. The van der Waals surface area contributed by atoms with Crippen molar-refractivity contribution in [1.29, 1.82) is 0 Å². The van der Waals surface area contributed by atoms with Crippen molar-refractivity contribution in [2.75, 3.05) is 0 Å². The number of carbonyl (C=O) groups is 1. The lowest BCUT2D eigenvalue weighted by atomic mass is 10.2. The number of benzene rings is 1. The van der Waals surface area contributed by atoms with Crippen molar-refractivity contribution >= 4 is 5.97 Å². The van der Waals surface area contributed by atoms with Gasteiger partial charge in [0.15, 0.2) is 5.43 Å². The molecule has 5 heteroatoms. The van der Waals surface area contributed by atoms with Gasteiger partial charge in [0, 0.05) is 23.6 Å². The second-order valence-corrected chi connectivity index (χ2v) is 3.88. The Kier molecular flexibility index (Phi) is 2.89. The van der Waals surface area contributed by atoms with E-state index in [1.54, 1.807) is 23.6 Å². The fourth-order valence-corrected chi connectivity index (χ4v) is 1.68. The monoisotopic (exact) mass is 245 g/mol. The highest BCUT2D eigenvalue weighted by molar-refractivity contribution is 5.87. The summed E-state index contributed by atoms with van der Waals surface area (Å²) in [6.45, 7) is 1.71. The molecule has 2 aromatic rings. The van der Waals surface area contributed by atoms with E-state index < -0.39 is 11.4 Å². The number of pyridine rings is 1. The Bertz CT molecular complexity index is 656. The molecule has 0 spiro atoms. The largest absolute Gasteiger partial charge is 0.508 e. The molecule has 0 saturated carbocycles. The minimum Gasteiger partial charge on any atom is -0.508 e. The Morgan fingerprint density at radius 2 is 1.83 bits per heavy atom. The number of hydrogen-bond acceptors (Lipinski definition) is 3. The lowest BCUT2D eigenvalue weighted by Gasteiger charge is -2.11. The molecule has 0 unspecified atom stereocenters. The molecular formula is C13H11NO4. The molecule has 2 rings (SSSR count).